The van der Waals surface area contributed by atoms with Crippen LogP contribution in [0.2, 0.25) is 0 Å². The van der Waals surface area contributed by atoms with Crippen molar-refractivity contribution in [1.29, 1.82) is 0 Å². The van der Waals surface area contributed by atoms with Gasteiger partial charge in [-0.1, -0.05) is 146 Å². The van der Waals surface area contributed by atoms with E-state index in [1.54, 1.807) is 0 Å². The molecule has 0 N–H and O–H groups in total. The monoisotopic (exact) mass is 730 g/mol. The van der Waals surface area contributed by atoms with Gasteiger partial charge in [0.1, 0.15) is 22.3 Å². The van der Waals surface area contributed by atoms with Crippen LogP contribution in [0.25, 0.3) is 117 Å². The molecule has 6 heteroatoms. The molecule has 0 aliphatic carbocycles. The van der Waals surface area contributed by atoms with Crippen molar-refractivity contribution in [1.82, 2.24) is 19.5 Å². The fourth-order valence-electron chi connectivity index (χ4n) is 8.57. The molecule has 0 atom stereocenters. The largest absolute Gasteiger partial charge is 0.456 e. The van der Waals surface area contributed by atoms with E-state index in [2.05, 4.69) is 138 Å². The van der Waals surface area contributed by atoms with Crippen LogP contribution < -0.4 is 0 Å². The Kier molecular flexibility index (Phi) is 6.83. The number of furan rings is 2. The Balaban J connectivity index is 1.04. The van der Waals surface area contributed by atoms with Crippen molar-refractivity contribution in [2.45, 2.75) is 0 Å². The number of rotatable bonds is 5. The van der Waals surface area contributed by atoms with Crippen LogP contribution in [0, 0.1) is 0 Å². The Morgan fingerprint density at radius 2 is 0.877 bits per heavy atom. The van der Waals surface area contributed by atoms with Crippen LogP contribution in [0.15, 0.2) is 191 Å². The molecule has 12 rings (SSSR count). The van der Waals surface area contributed by atoms with Gasteiger partial charge in [-0.2, -0.15) is 9.97 Å². The standard InChI is InChI=1S/C51H30N4O2/c1-2-14-31(15-3-1)49-52-50(54-51(53-49)55-41-25-7-4-18-35(41)36-19-5-8-26-42(36)55)33-17-10-16-32(30-33)34-21-12-29-45-46(34)40-24-11-23-38(48(40)57-45)37-22-13-28-44-47(37)39-20-6-9-27-43(39)56-44/h1-30H. The van der Waals surface area contributed by atoms with Gasteiger partial charge in [0, 0.05) is 49.0 Å². The molecular weight excluding hydrogens is 701 g/mol. The fourth-order valence-corrected chi connectivity index (χ4v) is 8.57. The molecule has 0 aliphatic heterocycles. The van der Waals surface area contributed by atoms with Crippen molar-refractivity contribution < 1.29 is 8.83 Å². The molecule has 0 saturated heterocycles. The van der Waals surface area contributed by atoms with Gasteiger partial charge >= 0.3 is 0 Å². The first-order chi connectivity index (χ1) is 28.3. The van der Waals surface area contributed by atoms with Crippen molar-refractivity contribution in [3.05, 3.63) is 182 Å². The summed E-state index contributed by atoms with van der Waals surface area (Å²) in [4.78, 5) is 15.4. The van der Waals surface area contributed by atoms with E-state index in [1.165, 1.54) is 0 Å². The highest BCUT2D eigenvalue weighted by molar-refractivity contribution is 6.19. The second-order valence-corrected chi connectivity index (χ2v) is 14.3. The molecule has 12 aromatic rings. The molecule has 8 aromatic carbocycles. The summed E-state index contributed by atoms with van der Waals surface area (Å²) in [6, 6.07) is 62.6. The van der Waals surface area contributed by atoms with Crippen LogP contribution in [0.5, 0.6) is 0 Å². The minimum Gasteiger partial charge on any atom is -0.456 e. The van der Waals surface area contributed by atoms with Crippen LogP contribution in [0.3, 0.4) is 0 Å². The van der Waals surface area contributed by atoms with E-state index in [0.29, 0.717) is 17.6 Å². The van der Waals surface area contributed by atoms with E-state index in [1.807, 2.05) is 48.5 Å². The minimum atomic E-state index is 0.567. The van der Waals surface area contributed by atoms with E-state index in [-0.39, 0.29) is 0 Å². The molecule has 4 heterocycles. The molecule has 0 amide bonds. The number of fused-ring (bicyclic) bond motifs is 9. The normalized spacial score (nSPS) is 11.9. The fraction of sp³-hybridized carbons (Fsp3) is 0. The maximum atomic E-state index is 6.78. The lowest BCUT2D eigenvalue weighted by Crippen LogP contribution is -2.06. The Bertz CT molecular complexity index is 3490. The Morgan fingerprint density at radius 3 is 1.67 bits per heavy atom. The van der Waals surface area contributed by atoms with Crippen molar-refractivity contribution in [2.75, 3.05) is 0 Å². The molecule has 0 radical (unpaired) electrons. The molecule has 0 aliphatic rings. The number of aromatic nitrogens is 4. The lowest BCUT2D eigenvalue weighted by Gasteiger charge is -2.12. The summed E-state index contributed by atoms with van der Waals surface area (Å²) in [5, 5.41) is 6.58. The molecular formula is C51H30N4O2. The van der Waals surface area contributed by atoms with E-state index in [9.17, 15) is 0 Å². The third-order valence-corrected chi connectivity index (χ3v) is 11.1. The van der Waals surface area contributed by atoms with Gasteiger partial charge in [0.15, 0.2) is 11.6 Å². The zero-order valence-corrected chi connectivity index (χ0v) is 30.4. The van der Waals surface area contributed by atoms with Gasteiger partial charge in [0.2, 0.25) is 5.95 Å². The highest BCUT2D eigenvalue weighted by Crippen LogP contribution is 2.44. The van der Waals surface area contributed by atoms with Crippen LogP contribution in [-0.2, 0) is 0 Å². The summed E-state index contributed by atoms with van der Waals surface area (Å²) >= 11 is 0. The van der Waals surface area contributed by atoms with Gasteiger partial charge in [-0.3, -0.25) is 4.57 Å². The highest BCUT2D eigenvalue weighted by atomic mass is 16.3. The predicted molar refractivity (Wildman–Crippen MR) is 230 cm³/mol. The maximum absolute atomic E-state index is 6.78. The van der Waals surface area contributed by atoms with Crippen LogP contribution in [0.1, 0.15) is 0 Å². The average molecular weight is 731 g/mol. The summed E-state index contributed by atoms with van der Waals surface area (Å²) < 4.78 is 15.2. The molecule has 0 spiro atoms. The number of hydrogen-bond acceptors (Lipinski definition) is 5. The van der Waals surface area contributed by atoms with Crippen molar-refractivity contribution in [2.24, 2.45) is 0 Å². The lowest BCUT2D eigenvalue weighted by molar-refractivity contribution is 0.668. The quantitative estimate of drug-likeness (QED) is 0.176. The summed E-state index contributed by atoms with van der Waals surface area (Å²) in [6.07, 6.45) is 0. The van der Waals surface area contributed by atoms with E-state index < -0.39 is 0 Å². The van der Waals surface area contributed by atoms with Gasteiger partial charge in [-0.25, -0.2) is 4.98 Å². The molecule has 266 valence electrons. The third kappa shape index (κ3) is 4.87. The summed E-state index contributed by atoms with van der Waals surface area (Å²) in [5.74, 6) is 1.77. The van der Waals surface area contributed by atoms with Crippen molar-refractivity contribution in [3.8, 4) is 51.0 Å². The average Bonchev–Trinajstić information content (AvgIpc) is 3.96. The first kappa shape index (κ1) is 31.5. The second-order valence-electron chi connectivity index (χ2n) is 14.3. The Labute approximate surface area is 325 Å². The smallest absolute Gasteiger partial charge is 0.238 e. The predicted octanol–water partition coefficient (Wildman–Crippen LogP) is 13.4. The van der Waals surface area contributed by atoms with Crippen LogP contribution in [-0.4, -0.2) is 19.5 Å². The zero-order chi connectivity index (χ0) is 37.5. The van der Waals surface area contributed by atoms with Crippen LogP contribution >= 0.6 is 0 Å². The van der Waals surface area contributed by atoms with Gasteiger partial charge in [0.25, 0.3) is 0 Å². The van der Waals surface area contributed by atoms with Gasteiger partial charge in [-0.15, -0.1) is 0 Å². The Hall–Kier alpha value is -7.83. The maximum Gasteiger partial charge on any atom is 0.238 e. The zero-order valence-electron chi connectivity index (χ0n) is 30.4. The molecule has 0 bridgehead atoms. The lowest BCUT2D eigenvalue weighted by atomic mass is 9.95. The first-order valence-electron chi connectivity index (χ1n) is 19.0. The van der Waals surface area contributed by atoms with E-state index in [0.717, 1.165) is 99.1 Å². The van der Waals surface area contributed by atoms with Gasteiger partial charge in [-0.05, 0) is 53.1 Å². The van der Waals surface area contributed by atoms with Crippen molar-refractivity contribution >= 4 is 65.7 Å². The third-order valence-electron chi connectivity index (χ3n) is 11.1. The summed E-state index contributed by atoms with van der Waals surface area (Å²) in [7, 11) is 0. The molecule has 0 saturated carbocycles. The second kappa shape index (κ2) is 12.3. The molecule has 4 aromatic heterocycles. The first-order valence-corrected chi connectivity index (χ1v) is 19.0. The molecule has 57 heavy (non-hydrogen) atoms. The number of para-hydroxylation sites is 4. The van der Waals surface area contributed by atoms with E-state index in [4.69, 9.17) is 23.8 Å². The SMILES string of the molecule is c1ccc(-c2nc(-c3cccc(-c4cccc5oc6c(-c7cccc8oc9ccccc9c78)cccc6c45)c3)nc(-n3c4ccccc4c4ccccc43)n2)cc1. The van der Waals surface area contributed by atoms with Gasteiger partial charge in [0.05, 0.1) is 11.0 Å². The molecule has 0 unspecified atom stereocenters. The van der Waals surface area contributed by atoms with Gasteiger partial charge < -0.3 is 8.83 Å². The summed E-state index contributed by atoms with van der Waals surface area (Å²) in [6.45, 7) is 0. The number of benzene rings is 8. The summed E-state index contributed by atoms with van der Waals surface area (Å²) in [5.41, 5.74) is 11.5. The topological polar surface area (TPSA) is 69.9 Å². The minimum absolute atomic E-state index is 0.567. The number of nitrogens with zero attached hydrogens (tertiary/aromatic N) is 4. The molecule has 0 fully saturated rings. The number of hydrogen-bond donors (Lipinski definition) is 0. The molecule has 6 nitrogen and oxygen atoms in total. The van der Waals surface area contributed by atoms with Crippen LogP contribution in [0.4, 0.5) is 0 Å². The van der Waals surface area contributed by atoms with Crippen molar-refractivity contribution in [3.63, 3.8) is 0 Å². The highest BCUT2D eigenvalue weighted by Gasteiger charge is 2.21. The Morgan fingerprint density at radius 1 is 0.351 bits per heavy atom. The van der Waals surface area contributed by atoms with E-state index >= 15 is 0 Å².